The van der Waals surface area contributed by atoms with Crippen LogP contribution in [0.4, 0.5) is 0 Å². The minimum Gasteiger partial charge on any atom is -0.330 e. The van der Waals surface area contributed by atoms with Gasteiger partial charge in [-0.25, -0.2) is 4.98 Å². The van der Waals surface area contributed by atoms with Gasteiger partial charge in [0.25, 0.3) is 0 Å². The molecule has 4 nitrogen and oxygen atoms in total. The van der Waals surface area contributed by atoms with Crippen molar-refractivity contribution in [2.45, 2.75) is 52.9 Å². The van der Waals surface area contributed by atoms with Crippen LogP contribution in [0.2, 0.25) is 0 Å². The van der Waals surface area contributed by atoms with E-state index in [1.54, 1.807) is 0 Å². The Bertz CT molecular complexity index is 344. The lowest BCUT2D eigenvalue weighted by Crippen LogP contribution is -2.10. The first kappa shape index (κ1) is 15.2. The molecular formula is C14H28N4. The maximum atomic E-state index is 5.63. The van der Waals surface area contributed by atoms with Gasteiger partial charge in [0.2, 0.25) is 0 Å². The van der Waals surface area contributed by atoms with E-state index in [0.29, 0.717) is 5.92 Å². The maximum absolute atomic E-state index is 5.63. The first-order valence-electron chi connectivity index (χ1n) is 7.15. The van der Waals surface area contributed by atoms with Crippen LogP contribution < -0.4 is 5.73 Å². The molecule has 0 aromatic carbocycles. The van der Waals surface area contributed by atoms with Gasteiger partial charge in [0.15, 0.2) is 5.82 Å². The molecular weight excluding hydrogens is 224 g/mol. The lowest BCUT2D eigenvalue weighted by molar-refractivity contribution is 0.435. The van der Waals surface area contributed by atoms with Gasteiger partial charge in [-0.3, -0.25) is 4.68 Å². The average molecular weight is 252 g/mol. The molecule has 0 saturated carbocycles. The average Bonchev–Trinajstić information content (AvgIpc) is 2.64. The Kier molecular flexibility index (Phi) is 6.33. The summed E-state index contributed by atoms with van der Waals surface area (Å²) in [4.78, 5) is 4.64. The minimum absolute atomic E-state index is 0.612. The van der Waals surface area contributed by atoms with Crippen molar-refractivity contribution in [2.75, 3.05) is 6.54 Å². The number of aromatic nitrogens is 3. The van der Waals surface area contributed by atoms with E-state index in [0.717, 1.165) is 43.4 Å². The van der Waals surface area contributed by atoms with E-state index in [1.165, 1.54) is 12.8 Å². The van der Waals surface area contributed by atoms with E-state index >= 15 is 0 Å². The molecule has 104 valence electrons. The molecule has 1 atom stereocenters. The number of aryl methyl sites for hydroxylation is 2. The van der Waals surface area contributed by atoms with E-state index in [-0.39, 0.29) is 0 Å². The van der Waals surface area contributed by atoms with E-state index < -0.39 is 0 Å². The summed E-state index contributed by atoms with van der Waals surface area (Å²) in [6.07, 6.45) is 5.47. The standard InChI is InChI=1S/C14H28N4/c1-5-12(8-9-15)6-7-14-16-13(10-11(2)3)17-18(14)4/h11-12H,5-10,15H2,1-4H3. The largest absolute Gasteiger partial charge is 0.330 e. The highest BCUT2D eigenvalue weighted by atomic mass is 15.3. The van der Waals surface area contributed by atoms with Gasteiger partial charge >= 0.3 is 0 Å². The molecule has 0 radical (unpaired) electrons. The molecule has 0 saturated heterocycles. The van der Waals surface area contributed by atoms with Crippen LogP contribution in [0, 0.1) is 11.8 Å². The third-order valence-corrected chi connectivity index (χ3v) is 3.42. The van der Waals surface area contributed by atoms with Crippen LogP contribution in [-0.4, -0.2) is 21.3 Å². The fourth-order valence-corrected chi connectivity index (χ4v) is 2.27. The van der Waals surface area contributed by atoms with Crippen LogP contribution in [0.1, 0.15) is 51.7 Å². The summed E-state index contributed by atoms with van der Waals surface area (Å²) in [5.74, 6) is 3.43. The van der Waals surface area contributed by atoms with E-state index in [1.807, 2.05) is 11.7 Å². The fraction of sp³-hybridized carbons (Fsp3) is 0.857. The number of nitrogens with two attached hydrogens (primary N) is 1. The van der Waals surface area contributed by atoms with Gasteiger partial charge in [-0.05, 0) is 31.2 Å². The van der Waals surface area contributed by atoms with Crippen molar-refractivity contribution in [1.29, 1.82) is 0 Å². The summed E-state index contributed by atoms with van der Waals surface area (Å²) in [7, 11) is 2.00. The summed E-state index contributed by atoms with van der Waals surface area (Å²) in [6.45, 7) is 7.42. The molecule has 0 aliphatic heterocycles. The molecule has 1 aromatic heterocycles. The predicted molar refractivity (Wildman–Crippen MR) is 75.3 cm³/mol. The molecule has 1 unspecified atom stereocenters. The van der Waals surface area contributed by atoms with Crippen LogP contribution in [0.5, 0.6) is 0 Å². The summed E-state index contributed by atoms with van der Waals surface area (Å²) >= 11 is 0. The van der Waals surface area contributed by atoms with Gasteiger partial charge in [0, 0.05) is 19.9 Å². The number of nitrogens with zero attached hydrogens (tertiary/aromatic N) is 3. The van der Waals surface area contributed by atoms with Crippen molar-refractivity contribution in [3.63, 3.8) is 0 Å². The van der Waals surface area contributed by atoms with Crippen LogP contribution in [0.3, 0.4) is 0 Å². The lowest BCUT2D eigenvalue weighted by Gasteiger charge is -2.12. The molecule has 0 fully saturated rings. The van der Waals surface area contributed by atoms with Gasteiger partial charge in [-0.1, -0.05) is 27.2 Å². The Morgan fingerprint density at radius 2 is 2.00 bits per heavy atom. The SMILES string of the molecule is CCC(CCN)CCc1nc(CC(C)C)nn1C. The molecule has 18 heavy (non-hydrogen) atoms. The van der Waals surface area contributed by atoms with E-state index in [9.17, 15) is 0 Å². The van der Waals surface area contributed by atoms with E-state index in [2.05, 4.69) is 30.9 Å². The highest BCUT2D eigenvalue weighted by Crippen LogP contribution is 2.15. The second kappa shape index (κ2) is 7.52. The first-order chi connectivity index (χ1) is 8.56. The molecule has 1 rings (SSSR count). The Balaban J connectivity index is 2.53. The molecule has 0 spiro atoms. The third-order valence-electron chi connectivity index (χ3n) is 3.42. The third kappa shape index (κ3) is 4.77. The number of hydrogen-bond acceptors (Lipinski definition) is 3. The molecule has 0 bridgehead atoms. The molecule has 0 aliphatic carbocycles. The quantitative estimate of drug-likeness (QED) is 0.772. The topological polar surface area (TPSA) is 56.7 Å². The van der Waals surface area contributed by atoms with Gasteiger partial charge in [0.1, 0.15) is 5.82 Å². The summed E-state index contributed by atoms with van der Waals surface area (Å²) in [5.41, 5.74) is 5.63. The lowest BCUT2D eigenvalue weighted by atomic mass is 9.96. The van der Waals surface area contributed by atoms with Crippen LogP contribution in [-0.2, 0) is 19.9 Å². The van der Waals surface area contributed by atoms with Crippen LogP contribution in [0.15, 0.2) is 0 Å². The zero-order chi connectivity index (χ0) is 13.5. The van der Waals surface area contributed by atoms with Crippen LogP contribution >= 0.6 is 0 Å². The molecule has 0 aliphatic rings. The van der Waals surface area contributed by atoms with Crippen molar-refractivity contribution in [3.05, 3.63) is 11.6 Å². The summed E-state index contributed by atoms with van der Waals surface area (Å²) < 4.78 is 1.94. The normalized spacial score (nSPS) is 13.2. The Morgan fingerprint density at radius 1 is 1.28 bits per heavy atom. The van der Waals surface area contributed by atoms with Gasteiger partial charge in [0.05, 0.1) is 0 Å². The zero-order valence-corrected chi connectivity index (χ0v) is 12.3. The van der Waals surface area contributed by atoms with Crippen molar-refractivity contribution < 1.29 is 0 Å². The zero-order valence-electron chi connectivity index (χ0n) is 12.3. The fourth-order valence-electron chi connectivity index (χ4n) is 2.27. The predicted octanol–water partition coefficient (Wildman–Crippen LogP) is 2.32. The summed E-state index contributed by atoms with van der Waals surface area (Å²) in [6, 6.07) is 0. The van der Waals surface area contributed by atoms with Gasteiger partial charge in [-0.15, -0.1) is 0 Å². The Hall–Kier alpha value is -0.900. The molecule has 1 heterocycles. The highest BCUT2D eigenvalue weighted by molar-refractivity contribution is 4.94. The van der Waals surface area contributed by atoms with Crippen molar-refractivity contribution in [2.24, 2.45) is 24.6 Å². The molecule has 4 heteroatoms. The first-order valence-corrected chi connectivity index (χ1v) is 7.15. The molecule has 0 amide bonds. The van der Waals surface area contributed by atoms with Gasteiger partial charge < -0.3 is 5.73 Å². The Labute approximate surface area is 111 Å². The number of hydrogen-bond donors (Lipinski definition) is 1. The van der Waals surface area contributed by atoms with Crippen molar-refractivity contribution >= 4 is 0 Å². The summed E-state index contributed by atoms with van der Waals surface area (Å²) in [5, 5.41) is 4.48. The van der Waals surface area contributed by atoms with Crippen molar-refractivity contribution in [3.8, 4) is 0 Å². The molecule has 1 aromatic rings. The van der Waals surface area contributed by atoms with Gasteiger partial charge in [-0.2, -0.15) is 5.10 Å². The van der Waals surface area contributed by atoms with E-state index in [4.69, 9.17) is 5.73 Å². The van der Waals surface area contributed by atoms with Crippen molar-refractivity contribution in [1.82, 2.24) is 14.8 Å². The van der Waals surface area contributed by atoms with Crippen LogP contribution in [0.25, 0.3) is 0 Å². The maximum Gasteiger partial charge on any atom is 0.151 e. The minimum atomic E-state index is 0.612. The second-order valence-electron chi connectivity index (χ2n) is 5.56. The second-order valence-corrected chi connectivity index (χ2v) is 5.56. The number of rotatable bonds is 8. The Morgan fingerprint density at radius 3 is 2.56 bits per heavy atom. The monoisotopic (exact) mass is 252 g/mol. The molecule has 2 N–H and O–H groups in total. The smallest absolute Gasteiger partial charge is 0.151 e. The highest BCUT2D eigenvalue weighted by Gasteiger charge is 2.11.